The number of alkyl halides is 1. The lowest BCUT2D eigenvalue weighted by molar-refractivity contribution is -0.0371. The van der Waals surface area contributed by atoms with Gasteiger partial charge in [-0.25, -0.2) is 13.9 Å². The number of amides is 1. The Labute approximate surface area is 232 Å². The van der Waals surface area contributed by atoms with Crippen LogP contribution >= 0.6 is 15.9 Å². The van der Waals surface area contributed by atoms with Gasteiger partial charge in [0.05, 0.1) is 12.1 Å². The van der Waals surface area contributed by atoms with E-state index in [0.29, 0.717) is 47.0 Å². The normalized spacial score (nSPS) is 31.3. The van der Waals surface area contributed by atoms with Gasteiger partial charge in [-0.1, -0.05) is 30.3 Å². The predicted molar refractivity (Wildman–Crippen MR) is 144 cm³/mol. The highest BCUT2D eigenvalue weighted by Crippen LogP contribution is 2.60. The van der Waals surface area contributed by atoms with Crippen LogP contribution in [-0.4, -0.2) is 56.3 Å². The highest BCUT2D eigenvalue weighted by Gasteiger charge is 2.67. The maximum Gasteiger partial charge on any atom is 0.407 e. The third-order valence-electron chi connectivity index (χ3n) is 8.80. The Morgan fingerprint density at radius 3 is 2.79 bits per heavy atom. The average Bonchev–Trinajstić information content (AvgIpc) is 3.36. The van der Waals surface area contributed by atoms with Crippen molar-refractivity contribution < 1.29 is 18.7 Å². The number of nitrogens with one attached hydrogen (secondary N) is 1. The molecule has 10 nitrogen and oxygen atoms in total. The Kier molecular flexibility index (Phi) is 6.14. The monoisotopic (exact) mass is 600 g/mol. The maximum atomic E-state index is 16.1. The molecule has 2 saturated carbocycles. The first-order chi connectivity index (χ1) is 18.9. The molecule has 0 spiro atoms. The van der Waals surface area contributed by atoms with Crippen LogP contribution in [0.25, 0.3) is 11.0 Å². The van der Waals surface area contributed by atoms with Crippen molar-refractivity contribution >= 4 is 39.0 Å². The summed E-state index contributed by atoms with van der Waals surface area (Å²) in [4.78, 5) is 33.0. The topological polar surface area (TPSA) is 104 Å². The van der Waals surface area contributed by atoms with Gasteiger partial charge < -0.3 is 19.7 Å². The summed E-state index contributed by atoms with van der Waals surface area (Å²) in [6.45, 7) is 0.757. The highest BCUT2D eigenvalue weighted by molar-refractivity contribution is 9.10. The van der Waals surface area contributed by atoms with E-state index >= 15 is 4.39 Å². The minimum absolute atomic E-state index is 0.0849. The number of carbonyl (C=O) groups is 1. The molecule has 1 aromatic carbocycles. The van der Waals surface area contributed by atoms with Crippen LogP contribution in [-0.2, 0) is 23.1 Å². The Morgan fingerprint density at radius 2 is 2.03 bits per heavy atom. The quantitative estimate of drug-likeness (QED) is 0.475. The number of fused-ring (bicyclic) bond motifs is 3. The number of piperidine rings is 1. The van der Waals surface area contributed by atoms with E-state index in [1.165, 1.54) is 4.57 Å². The Morgan fingerprint density at radius 1 is 1.23 bits per heavy atom. The molecule has 7 atom stereocenters. The summed E-state index contributed by atoms with van der Waals surface area (Å²) in [5.74, 6) is 0.963. The van der Waals surface area contributed by atoms with E-state index in [1.807, 2.05) is 35.2 Å². The van der Waals surface area contributed by atoms with E-state index in [0.717, 1.165) is 24.8 Å². The summed E-state index contributed by atoms with van der Waals surface area (Å²) in [5.41, 5.74) is 1.07. The molecule has 5 aliphatic rings. The van der Waals surface area contributed by atoms with E-state index in [4.69, 9.17) is 14.5 Å². The lowest BCUT2D eigenvalue weighted by Gasteiger charge is -2.32. The summed E-state index contributed by atoms with van der Waals surface area (Å²) < 4.78 is 31.1. The highest BCUT2D eigenvalue weighted by atomic mass is 79.9. The fraction of sp³-hybridized carbons (Fsp3) is 0.556. The zero-order valence-electron chi connectivity index (χ0n) is 21.5. The Balaban J connectivity index is 1.16. The minimum atomic E-state index is -1.33. The first-order valence-corrected chi connectivity index (χ1v) is 14.4. The minimum Gasteiger partial charge on any atom is -0.445 e. The molecule has 1 N–H and O–H groups in total. The molecule has 8 rings (SSSR count). The number of anilines is 1. The number of hydrogen-bond donors (Lipinski definition) is 1. The van der Waals surface area contributed by atoms with Crippen LogP contribution in [0.2, 0.25) is 0 Å². The van der Waals surface area contributed by atoms with Gasteiger partial charge >= 0.3 is 6.09 Å². The number of ether oxygens (including phenoxy) is 2. The Hall–Kier alpha value is -2.99. The Bertz CT molecular complexity index is 1470. The molecule has 0 radical (unpaired) electrons. The molecule has 1 amide bonds. The molecule has 4 bridgehead atoms. The molecular weight excluding hydrogens is 571 g/mol. The fourth-order valence-electron chi connectivity index (χ4n) is 6.86. The van der Waals surface area contributed by atoms with Crippen molar-refractivity contribution in [3.8, 4) is 0 Å². The van der Waals surface area contributed by atoms with Crippen molar-refractivity contribution in [3.05, 3.63) is 50.9 Å². The number of nitrogens with zero attached hydrogens (tertiary/aromatic N) is 5. The van der Waals surface area contributed by atoms with Crippen LogP contribution in [0.5, 0.6) is 0 Å². The second-order valence-corrected chi connectivity index (χ2v) is 11.8. The van der Waals surface area contributed by atoms with E-state index in [2.05, 4.69) is 26.3 Å². The van der Waals surface area contributed by atoms with Crippen LogP contribution in [0.4, 0.5) is 15.1 Å². The van der Waals surface area contributed by atoms with Crippen molar-refractivity contribution in [2.75, 3.05) is 11.5 Å². The van der Waals surface area contributed by atoms with Gasteiger partial charge in [0.25, 0.3) is 5.56 Å². The summed E-state index contributed by atoms with van der Waals surface area (Å²) in [7, 11) is 1.68. The van der Waals surface area contributed by atoms with E-state index in [9.17, 15) is 9.59 Å². The molecule has 2 aromatic heterocycles. The van der Waals surface area contributed by atoms with Crippen molar-refractivity contribution in [1.82, 2.24) is 24.6 Å². The number of benzene rings is 1. The standard InChI is InChI=1S/C27H30BrFN6O4/c1-33-25(36)20-23(28)32-35(19-9-5-6-10-38-19)24(20)31-26(33)34-18-12-16-15(22(16)34)11-17(21(18)29)30-27(37)39-13-14-7-3-2-4-8-14/h2-4,7-8,15-19,21-22H,5-6,9-13H2,1H3,(H,30,37)/t15-,16?,17+,18+,19?,21-,22?/m1/s1. The van der Waals surface area contributed by atoms with Gasteiger partial charge in [-0.2, -0.15) is 10.1 Å². The predicted octanol–water partition coefficient (Wildman–Crippen LogP) is 3.82. The van der Waals surface area contributed by atoms with E-state index in [-0.39, 0.29) is 30.4 Å². The number of halogens is 2. The van der Waals surface area contributed by atoms with Gasteiger partial charge in [-0.05, 0) is 65.4 Å². The zero-order valence-corrected chi connectivity index (χ0v) is 23.1. The number of rotatable bonds is 5. The first-order valence-electron chi connectivity index (χ1n) is 13.6. The number of alkyl carbamates (subject to hydrolysis) is 1. The van der Waals surface area contributed by atoms with Gasteiger partial charge in [0, 0.05) is 19.7 Å². The summed E-state index contributed by atoms with van der Waals surface area (Å²) in [6, 6.07) is 8.31. The fourth-order valence-corrected chi connectivity index (χ4v) is 7.37. The van der Waals surface area contributed by atoms with Gasteiger partial charge in [-0.3, -0.25) is 9.36 Å². The van der Waals surface area contributed by atoms with Crippen molar-refractivity contribution in [2.45, 2.75) is 69.2 Å². The third-order valence-corrected chi connectivity index (χ3v) is 9.35. The molecule has 3 aliphatic heterocycles. The lowest BCUT2D eigenvalue weighted by atomic mass is 10.0. The zero-order chi connectivity index (χ0) is 26.8. The van der Waals surface area contributed by atoms with Crippen LogP contribution < -0.4 is 15.8 Å². The number of carbonyl (C=O) groups excluding carboxylic acids is 1. The van der Waals surface area contributed by atoms with E-state index in [1.54, 1.807) is 11.7 Å². The molecule has 39 heavy (non-hydrogen) atoms. The molecule has 3 unspecified atom stereocenters. The van der Waals surface area contributed by atoms with Crippen LogP contribution in [0.15, 0.2) is 39.7 Å². The van der Waals surface area contributed by atoms with E-state index < -0.39 is 24.3 Å². The summed E-state index contributed by atoms with van der Waals surface area (Å²) in [5, 5.41) is 7.74. The summed E-state index contributed by atoms with van der Waals surface area (Å²) >= 11 is 3.44. The van der Waals surface area contributed by atoms with Gasteiger partial charge in [-0.15, -0.1) is 0 Å². The molecular formula is C27H30BrFN6O4. The summed E-state index contributed by atoms with van der Waals surface area (Å²) in [6.07, 6.45) is 1.72. The van der Waals surface area contributed by atoms with Crippen LogP contribution in [0, 0.1) is 11.8 Å². The largest absolute Gasteiger partial charge is 0.445 e. The molecule has 206 valence electrons. The average molecular weight is 601 g/mol. The van der Waals surface area contributed by atoms with Crippen molar-refractivity contribution in [2.24, 2.45) is 18.9 Å². The molecule has 5 heterocycles. The van der Waals surface area contributed by atoms with Crippen molar-refractivity contribution in [3.63, 3.8) is 0 Å². The van der Waals surface area contributed by atoms with Crippen LogP contribution in [0.1, 0.15) is 43.9 Å². The second-order valence-electron chi connectivity index (χ2n) is 11.1. The third kappa shape index (κ3) is 4.14. The van der Waals surface area contributed by atoms with Gasteiger partial charge in [0.1, 0.15) is 22.8 Å². The smallest absolute Gasteiger partial charge is 0.407 e. The number of aromatic nitrogens is 4. The first kappa shape index (κ1) is 25.0. The molecule has 12 heteroatoms. The molecule has 3 aromatic rings. The molecule has 3 saturated heterocycles. The van der Waals surface area contributed by atoms with Crippen LogP contribution in [0.3, 0.4) is 0 Å². The lowest BCUT2D eigenvalue weighted by Crippen LogP contribution is -2.50. The molecule has 2 aliphatic carbocycles. The number of hydrogen-bond acceptors (Lipinski definition) is 7. The SMILES string of the molecule is Cn1c(N2C3C4C[C@H]2[C@H](F)[C@@H](NC(=O)OCc2ccccc2)C[C@H]43)nc2c(c(Br)nn2C2CCCCO2)c1=O. The van der Waals surface area contributed by atoms with Crippen molar-refractivity contribution in [1.29, 1.82) is 0 Å². The maximum absolute atomic E-state index is 16.1. The second kappa shape index (κ2) is 9.58. The van der Waals surface area contributed by atoms with Gasteiger partial charge in [0.2, 0.25) is 5.95 Å². The van der Waals surface area contributed by atoms with Gasteiger partial charge in [0.15, 0.2) is 11.9 Å². The molecule has 5 fully saturated rings.